The molecule has 0 spiro atoms. The molecule has 2 heterocycles. The number of rotatable bonds is 3. The van der Waals surface area contributed by atoms with Gasteiger partial charge in [-0.3, -0.25) is 0 Å². The SMILES string of the molecule is Cc1csc2c(Oc3cc(N(C)C)ccc3N)ncnc12. The van der Waals surface area contributed by atoms with Crippen molar-refractivity contribution in [3.05, 3.63) is 35.5 Å². The minimum atomic E-state index is 0.542. The summed E-state index contributed by atoms with van der Waals surface area (Å²) >= 11 is 1.57. The van der Waals surface area contributed by atoms with E-state index in [2.05, 4.69) is 9.97 Å². The van der Waals surface area contributed by atoms with E-state index in [0.717, 1.165) is 21.5 Å². The smallest absolute Gasteiger partial charge is 0.240 e. The third-order valence-corrected chi connectivity index (χ3v) is 4.29. The van der Waals surface area contributed by atoms with Gasteiger partial charge in [0.25, 0.3) is 0 Å². The Morgan fingerprint density at radius 3 is 2.81 bits per heavy atom. The van der Waals surface area contributed by atoms with E-state index in [1.807, 2.05) is 49.5 Å². The fraction of sp³-hybridized carbons (Fsp3) is 0.200. The van der Waals surface area contributed by atoms with Crippen LogP contribution in [-0.4, -0.2) is 24.1 Å². The number of ether oxygens (including phenoxy) is 1. The van der Waals surface area contributed by atoms with E-state index in [0.29, 0.717) is 17.3 Å². The number of aromatic nitrogens is 2. The fourth-order valence-corrected chi connectivity index (χ4v) is 2.94. The van der Waals surface area contributed by atoms with E-state index < -0.39 is 0 Å². The van der Waals surface area contributed by atoms with Crippen molar-refractivity contribution < 1.29 is 4.74 Å². The zero-order chi connectivity index (χ0) is 15.0. The first-order valence-corrected chi connectivity index (χ1v) is 7.37. The molecule has 0 fully saturated rings. The second kappa shape index (κ2) is 5.21. The number of fused-ring (bicyclic) bond motifs is 1. The molecule has 108 valence electrons. The van der Waals surface area contributed by atoms with Gasteiger partial charge in [-0.1, -0.05) is 0 Å². The molecular weight excluding hydrogens is 284 g/mol. The molecule has 0 saturated heterocycles. The van der Waals surface area contributed by atoms with Gasteiger partial charge < -0.3 is 15.4 Å². The summed E-state index contributed by atoms with van der Waals surface area (Å²) in [5.41, 5.74) is 9.65. The number of aryl methyl sites for hydroxylation is 1. The zero-order valence-electron chi connectivity index (χ0n) is 12.1. The molecule has 6 heteroatoms. The lowest BCUT2D eigenvalue weighted by Crippen LogP contribution is -2.08. The van der Waals surface area contributed by atoms with Crippen LogP contribution < -0.4 is 15.4 Å². The summed E-state index contributed by atoms with van der Waals surface area (Å²) in [4.78, 5) is 10.5. The average Bonchev–Trinajstić information content (AvgIpc) is 2.84. The van der Waals surface area contributed by atoms with Crippen LogP contribution in [-0.2, 0) is 0 Å². The van der Waals surface area contributed by atoms with Gasteiger partial charge in [0, 0.05) is 25.8 Å². The van der Waals surface area contributed by atoms with Gasteiger partial charge in [0.1, 0.15) is 11.0 Å². The molecule has 0 atom stereocenters. The minimum absolute atomic E-state index is 0.542. The van der Waals surface area contributed by atoms with E-state index in [1.54, 1.807) is 11.3 Å². The van der Waals surface area contributed by atoms with E-state index in [9.17, 15) is 0 Å². The zero-order valence-corrected chi connectivity index (χ0v) is 12.9. The van der Waals surface area contributed by atoms with Crippen molar-refractivity contribution in [1.82, 2.24) is 9.97 Å². The first-order valence-electron chi connectivity index (χ1n) is 6.50. The summed E-state index contributed by atoms with van der Waals surface area (Å²) in [6, 6.07) is 5.69. The summed E-state index contributed by atoms with van der Waals surface area (Å²) < 4.78 is 6.87. The Bertz CT molecular complexity index is 797. The number of nitrogen functional groups attached to an aromatic ring is 1. The molecule has 21 heavy (non-hydrogen) atoms. The largest absolute Gasteiger partial charge is 0.435 e. The summed E-state index contributed by atoms with van der Waals surface area (Å²) in [6.07, 6.45) is 1.52. The van der Waals surface area contributed by atoms with Crippen LogP contribution in [0.15, 0.2) is 29.9 Å². The molecule has 0 saturated carbocycles. The molecule has 0 unspecified atom stereocenters. The standard InChI is InChI=1S/C15H16N4OS/c1-9-7-21-14-13(9)17-8-18-15(14)20-12-6-10(19(2)3)4-5-11(12)16/h4-8H,16H2,1-3H3. The first-order chi connectivity index (χ1) is 10.1. The highest BCUT2D eigenvalue weighted by atomic mass is 32.1. The topological polar surface area (TPSA) is 64.3 Å². The van der Waals surface area contributed by atoms with Crippen molar-refractivity contribution in [2.45, 2.75) is 6.92 Å². The second-order valence-corrected chi connectivity index (χ2v) is 5.87. The Hall–Kier alpha value is -2.34. The van der Waals surface area contributed by atoms with Crippen molar-refractivity contribution in [3.63, 3.8) is 0 Å². The van der Waals surface area contributed by atoms with Crippen molar-refractivity contribution in [3.8, 4) is 11.6 Å². The summed E-state index contributed by atoms with van der Waals surface area (Å²) in [5.74, 6) is 1.15. The van der Waals surface area contributed by atoms with Gasteiger partial charge in [-0.25, -0.2) is 9.97 Å². The van der Waals surface area contributed by atoms with Crippen LogP contribution in [0, 0.1) is 6.92 Å². The van der Waals surface area contributed by atoms with Crippen LogP contribution in [0.4, 0.5) is 11.4 Å². The van der Waals surface area contributed by atoms with Crippen molar-refractivity contribution in [2.24, 2.45) is 0 Å². The first kappa shape index (κ1) is 13.6. The van der Waals surface area contributed by atoms with Crippen LogP contribution in [0.2, 0.25) is 0 Å². The van der Waals surface area contributed by atoms with Gasteiger partial charge in [0.2, 0.25) is 5.88 Å². The third-order valence-electron chi connectivity index (χ3n) is 3.22. The molecule has 0 aliphatic rings. The molecule has 0 radical (unpaired) electrons. The van der Waals surface area contributed by atoms with Crippen molar-refractivity contribution >= 4 is 32.9 Å². The predicted molar refractivity (Wildman–Crippen MR) is 87.4 cm³/mol. The van der Waals surface area contributed by atoms with Gasteiger partial charge in [0.15, 0.2) is 5.75 Å². The number of nitrogens with zero attached hydrogens (tertiary/aromatic N) is 3. The maximum atomic E-state index is 6.00. The Labute approximate surface area is 127 Å². The normalized spacial score (nSPS) is 10.8. The number of nitrogens with two attached hydrogens (primary N) is 1. The fourth-order valence-electron chi connectivity index (χ4n) is 2.01. The number of benzene rings is 1. The summed E-state index contributed by atoms with van der Waals surface area (Å²) in [6.45, 7) is 2.02. The molecule has 2 N–H and O–H groups in total. The minimum Gasteiger partial charge on any atom is -0.435 e. The van der Waals surface area contributed by atoms with Crippen LogP contribution in [0.25, 0.3) is 10.2 Å². The van der Waals surface area contributed by atoms with Crippen LogP contribution in [0.1, 0.15) is 5.56 Å². The highest BCUT2D eigenvalue weighted by Crippen LogP contribution is 2.36. The van der Waals surface area contributed by atoms with Gasteiger partial charge in [-0.2, -0.15) is 0 Å². The lowest BCUT2D eigenvalue weighted by atomic mass is 10.2. The number of hydrogen-bond acceptors (Lipinski definition) is 6. The van der Waals surface area contributed by atoms with E-state index in [1.165, 1.54) is 6.33 Å². The van der Waals surface area contributed by atoms with Crippen molar-refractivity contribution in [1.29, 1.82) is 0 Å². The highest BCUT2D eigenvalue weighted by molar-refractivity contribution is 7.17. The number of thiophene rings is 1. The average molecular weight is 300 g/mol. The van der Waals surface area contributed by atoms with Crippen LogP contribution in [0.3, 0.4) is 0 Å². The number of hydrogen-bond donors (Lipinski definition) is 1. The third kappa shape index (κ3) is 2.50. The Morgan fingerprint density at radius 1 is 1.24 bits per heavy atom. The maximum absolute atomic E-state index is 6.00. The van der Waals surface area contributed by atoms with Crippen LogP contribution >= 0.6 is 11.3 Å². The molecule has 0 amide bonds. The lowest BCUT2D eigenvalue weighted by molar-refractivity contribution is 0.471. The van der Waals surface area contributed by atoms with E-state index in [-0.39, 0.29) is 0 Å². The molecule has 0 aliphatic heterocycles. The van der Waals surface area contributed by atoms with Gasteiger partial charge >= 0.3 is 0 Å². The predicted octanol–water partition coefficient (Wildman–Crippen LogP) is 3.44. The Morgan fingerprint density at radius 2 is 2.05 bits per heavy atom. The molecule has 3 aromatic rings. The van der Waals surface area contributed by atoms with Crippen LogP contribution in [0.5, 0.6) is 11.6 Å². The number of anilines is 2. The molecule has 0 bridgehead atoms. The molecule has 1 aromatic carbocycles. The quantitative estimate of drug-likeness (QED) is 0.751. The summed E-state index contributed by atoms with van der Waals surface area (Å²) in [5, 5.41) is 2.05. The molecule has 5 nitrogen and oxygen atoms in total. The van der Waals surface area contributed by atoms with Gasteiger partial charge in [-0.05, 0) is 30.0 Å². The van der Waals surface area contributed by atoms with E-state index >= 15 is 0 Å². The maximum Gasteiger partial charge on any atom is 0.240 e. The highest BCUT2D eigenvalue weighted by Gasteiger charge is 2.12. The monoisotopic (exact) mass is 300 g/mol. The lowest BCUT2D eigenvalue weighted by Gasteiger charge is -2.15. The Balaban J connectivity index is 2.04. The molecular formula is C15H16N4OS. The molecule has 0 aliphatic carbocycles. The van der Waals surface area contributed by atoms with Gasteiger partial charge in [0.05, 0.1) is 11.2 Å². The van der Waals surface area contributed by atoms with Gasteiger partial charge in [-0.15, -0.1) is 11.3 Å². The summed E-state index contributed by atoms with van der Waals surface area (Å²) in [7, 11) is 3.95. The van der Waals surface area contributed by atoms with Crippen molar-refractivity contribution in [2.75, 3.05) is 24.7 Å². The molecule has 2 aromatic heterocycles. The molecule has 3 rings (SSSR count). The second-order valence-electron chi connectivity index (χ2n) is 4.99. The Kier molecular flexibility index (Phi) is 3.39. The van der Waals surface area contributed by atoms with E-state index in [4.69, 9.17) is 10.5 Å².